The highest BCUT2D eigenvalue weighted by Gasteiger charge is 2.41. The molecule has 0 fully saturated rings. The first-order chi connectivity index (χ1) is 13.6. The van der Waals surface area contributed by atoms with Gasteiger partial charge in [-0.1, -0.05) is 41.9 Å². The van der Waals surface area contributed by atoms with Crippen LogP contribution in [0.25, 0.3) is 0 Å². The molecule has 0 N–H and O–H groups in total. The number of ether oxygens (including phenoxy) is 1. The Morgan fingerprint density at radius 1 is 0.929 bits per heavy atom. The summed E-state index contributed by atoms with van der Waals surface area (Å²) in [6.45, 7) is 0. The zero-order valence-electron chi connectivity index (χ0n) is 14.6. The quantitative estimate of drug-likeness (QED) is 0.542. The van der Waals surface area contributed by atoms with Gasteiger partial charge in [-0.05, 0) is 42.0 Å². The maximum absolute atomic E-state index is 13.9. The van der Waals surface area contributed by atoms with E-state index in [1.165, 1.54) is 30.3 Å². The predicted molar refractivity (Wildman–Crippen MR) is 103 cm³/mol. The Morgan fingerprint density at radius 2 is 1.68 bits per heavy atom. The molecule has 28 heavy (non-hydrogen) atoms. The van der Waals surface area contributed by atoms with Crippen molar-refractivity contribution in [2.45, 2.75) is 18.7 Å². The van der Waals surface area contributed by atoms with Crippen LogP contribution in [-0.2, 0) is 0 Å². The molecule has 2 aliphatic heterocycles. The number of para-hydroxylation sites is 1. The van der Waals surface area contributed by atoms with Gasteiger partial charge in [0, 0.05) is 22.6 Å². The van der Waals surface area contributed by atoms with Crippen LogP contribution in [0.4, 0.5) is 8.78 Å². The average molecular weight is 397 g/mol. The fourth-order valence-corrected chi connectivity index (χ4v) is 3.97. The first-order valence-corrected chi connectivity index (χ1v) is 9.30. The van der Waals surface area contributed by atoms with E-state index < -0.39 is 6.23 Å². The molecule has 140 valence electrons. The molecule has 6 heteroatoms. The average Bonchev–Trinajstić information content (AvgIpc) is 3.15. The number of hydrogen-bond donors (Lipinski definition) is 0. The molecule has 2 atom stereocenters. The summed E-state index contributed by atoms with van der Waals surface area (Å²) >= 11 is 6.35. The minimum Gasteiger partial charge on any atom is -0.464 e. The molecule has 0 aliphatic carbocycles. The number of halogens is 3. The number of hydrazone groups is 1. The Morgan fingerprint density at radius 3 is 2.50 bits per heavy atom. The number of benzene rings is 3. The van der Waals surface area contributed by atoms with Gasteiger partial charge < -0.3 is 4.74 Å². The number of hydrogen-bond acceptors (Lipinski definition) is 3. The van der Waals surface area contributed by atoms with Crippen molar-refractivity contribution in [3.8, 4) is 5.75 Å². The predicted octanol–water partition coefficient (Wildman–Crippen LogP) is 5.86. The Kier molecular flexibility index (Phi) is 4.05. The van der Waals surface area contributed by atoms with Crippen molar-refractivity contribution in [1.82, 2.24) is 5.01 Å². The molecule has 5 rings (SSSR count). The lowest BCUT2D eigenvalue weighted by molar-refractivity contribution is -0.0191. The van der Waals surface area contributed by atoms with Crippen LogP contribution in [0, 0.1) is 11.6 Å². The number of nitrogens with zero attached hydrogens (tertiary/aromatic N) is 2. The SMILES string of the molecule is Fc1ccc(C2=NN3[C@@H](c4cc(F)ccc4Cl)Oc4ccccc4[C@@H]3C2)cc1. The third kappa shape index (κ3) is 2.83. The molecule has 0 radical (unpaired) electrons. The van der Waals surface area contributed by atoms with E-state index in [2.05, 4.69) is 0 Å². The molecule has 0 spiro atoms. The van der Waals surface area contributed by atoms with Gasteiger partial charge in [0.2, 0.25) is 6.23 Å². The van der Waals surface area contributed by atoms with Crippen molar-refractivity contribution in [2.75, 3.05) is 0 Å². The van der Waals surface area contributed by atoms with Gasteiger partial charge in [-0.2, -0.15) is 5.10 Å². The smallest absolute Gasteiger partial charge is 0.215 e. The molecule has 0 amide bonds. The highest BCUT2D eigenvalue weighted by atomic mass is 35.5. The molecule has 0 bridgehead atoms. The van der Waals surface area contributed by atoms with Crippen LogP contribution in [0.5, 0.6) is 5.75 Å². The lowest BCUT2D eigenvalue weighted by Gasteiger charge is -2.38. The summed E-state index contributed by atoms with van der Waals surface area (Å²) in [5, 5.41) is 6.99. The zero-order valence-corrected chi connectivity index (χ0v) is 15.4. The zero-order chi connectivity index (χ0) is 19.3. The second-order valence-electron chi connectivity index (χ2n) is 6.83. The van der Waals surface area contributed by atoms with Crippen LogP contribution in [0.3, 0.4) is 0 Å². The molecule has 0 saturated carbocycles. The molecular weight excluding hydrogens is 382 g/mol. The highest BCUT2D eigenvalue weighted by Crippen LogP contribution is 2.48. The maximum Gasteiger partial charge on any atom is 0.215 e. The Balaban J connectivity index is 1.62. The summed E-state index contributed by atoms with van der Waals surface area (Å²) in [5.41, 5.74) is 3.19. The van der Waals surface area contributed by atoms with Crippen molar-refractivity contribution in [3.63, 3.8) is 0 Å². The molecular formula is C22H15ClF2N2O. The number of rotatable bonds is 2. The molecule has 0 saturated heterocycles. The molecule has 3 nitrogen and oxygen atoms in total. The van der Waals surface area contributed by atoms with Crippen molar-refractivity contribution in [1.29, 1.82) is 0 Å². The summed E-state index contributed by atoms with van der Waals surface area (Å²) in [4.78, 5) is 0. The van der Waals surface area contributed by atoms with E-state index in [9.17, 15) is 8.78 Å². The van der Waals surface area contributed by atoms with Crippen molar-refractivity contribution < 1.29 is 13.5 Å². The monoisotopic (exact) mass is 396 g/mol. The fourth-order valence-electron chi connectivity index (χ4n) is 3.76. The van der Waals surface area contributed by atoms with E-state index >= 15 is 0 Å². The largest absolute Gasteiger partial charge is 0.464 e. The summed E-state index contributed by atoms with van der Waals surface area (Å²) in [6, 6.07) is 18.1. The van der Waals surface area contributed by atoms with Gasteiger partial charge in [0.05, 0.1) is 11.8 Å². The van der Waals surface area contributed by atoms with Crippen molar-refractivity contribution >= 4 is 17.3 Å². The van der Waals surface area contributed by atoms with E-state index in [4.69, 9.17) is 21.4 Å². The van der Waals surface area contributed by atoms with Gasteiger partial charge in [0.15, 0.2) is 0 Å². The third-order valence-electron chi connectivity index (χ3n) is 5.10. The first kappa shape index (κ1) is 17.2. The Labute approximate surface area is 165 Å². The topological polar surface area (TPSA) is 24.8 Å². The molecule has 3 aromatic carbocycles. The van der Waals surface area contributed by atoms with E-state index in [0.29, 0.717) is 17.0 Å². The molecule has 0 unspecified atom stereocenters. The van der Waals surface area contributed by atoms with Gasteiger partial charge in [-0.15, -0.1) is 0 Å². The first-order valence-electron chi connectivity index (χ1n) is 8.92. The summed E-state index contributed by atoms with van der Waals surface area (Å²) in [5.74, 6) is 0.0446. The molecule has 3 aromatic rings. The van der Waals surface area contributed by atoms with Crippen LogP contribution in [0.2, 0.25) is 5.02 Å². The lowest BCUT2D eigenvalue weighted by Crippen LogP contribution is -2.33. The molecule has 0 aromatic heterocycles. The van der Waals surface area contributed by atoms with E-state index in [0.717, 1.165) is 22.6 Å². The summed E-state index contributed by atoms with van der Waals surface area (Å²) in [6.07, 6.45) is -0.0174. The standard InChI is InChI=1S/C22H15ClF2N2O/c23-18-10-9-15(25)11-17(18)22-27-20(16-3-1-2-4-21(16)28-22)12-19(26-27)13-5-7-14(24)8-6-13/h1-11,20,22H,12H2/t20-,22+/m0/s1. The fraction of sp³-hybridized carbons (Fsp3) is 0.136. The summed E-state index contributed by atoms with van der Waals surface area (Å²) < 4.78 is 33.4. The van der Waals surface area contributed by atoms with Gasteiger partial charge in [-0.3, -0.25) is 0 Å². The third-order valence-corrected chi connectivity index (χ3v) is 5.44. The minimum atomic E-state index is -0.652. The molecule has 2 heterocycles. The van der Waals surface area contributed by atoms with E-state index in [1.54, 1.807) is 12.1 Å². The van der Waals surface area contributed by atoms with E-state index in [1.807, 2.05) is 29.3 Å². The lowest BCUT2D eigenvalue weighted by atomic mass is 9.96. The number of fused-ring (bicyclic) bond motifs is 3. The van der Waals surface area contributed by atoms with Gasteiger partial charge in [0.1, 0.15) is 17.4 Å². The van der Waals surface area contributed by atoms with Gasteiger partial charge in [-0.25, -0.2) is 13.8 Å². The second kappa shape index (κ2) is 6.60. The second-order valence-corrected chi connectivity index (χ2v) is 7.23. The van der Waals surface area contributed by atoms with Crippen LogP contribution in [0.15, 0.2) is 71.8 Å². The molecule has 2 aliphatic rings. The minimum absolute atomic E-state index is 0.0747. The highest BCUT2D eigenvalue weighted by molar-refractivity contribution is 6.31. The van der Waals surface area contributed by atoms with Crippen molar-refractivity contribution in [2.24, 2.45) is 5.10 Å². The van der Waals surface area contributed by atoms with E-state index in [-0.39, 0.29) is 17.7 Å². The maximum atomic E-state index is 13.9. The van der Waals surface area contributed by atoms with Crippen LogP contribution < -0.4 is 4.74 Å². The van der Waals surface area contributed by atoms with Gasteiger partial charge in [0.25, 0.3) is 0 Å². The van der Waals surface area contributed by atoms with Crippen LogP contribution >= 0.6 is 11.6 Å². The van der Waals surface area contributed by atoms with Crippen molar-refractivity contribution in [3.05, 3.63) is 100 Å². The Hall–Kier alpha value is -2.92. The Bertz CT molecular complexity index is 1080. The van der Waals surface area contributed by atoms with Gasteiger partial charge >= 0.3 is 0 Å². The summed E-state index contributed by atoms with van der Waals surface area (Å²) in [7, 11) is 0. The normalized spacial score (nSPS) is 20.2. The van der Waals surface area contributed by atoms with Crippen LogP contribution in [0.1, 0.15) is 35.4 Å². The van der Waals surface area contributed by atoms with Crippen LogP contribution in [-0.4, -0.2) is 10.7 Å².